The van der Waals surface area contributed by atoms with Gasteiger partial charge in [0, 0.05) is 49.3 Å². The Hall–Kier alpha value is -3.21. The first-order valence-electron chi connectivity index (χ1n) is 11.7. The normalized spacial score (nSPS) is 21.0. The summed E-state index contributed by atoms with van der Waals surface area (Å²) in [7, 11) is 1.93. The van der Waals surface area contributed by atoms with Crippen LogP contribution in [0.1, 0.15) is 57.6 Å². The van der Waals surface area contributed by atoms with Gasteiger partial charge in [-0.1, -0.05) is 27.2 Å². The monoisotopic (exact) mass is 445 g/mol. The summed E-state index contributed by atoms with van der Waals surface area (Å²) in [6.07, 6.45) is 7.67. The molecule has 3 aliphatic rings. The van der Waals surface area contributed by atoms with Crippen molar-refractivity contribution in [2.75, 3.05) is 36.5 Å². The number of anilines is 3. The lowest BCUT2D eigenvalue weighted by Crippen LogP contribution is -2.44. The molecule has 172 valence electrons. The van der Waals surface area contributed by atoms with E-state index in [1.54, 1.807) is 18.6 Å². The number of nitriles is 1. The zero-order valence-corrected chi connectivity index (χ0v) is 19.9. The zero-order valence-electron chi connectivity index (χ0n) is 19.9. The molecule has 2 aliphatic heterocycles. The molecule has 0 N–H and O–H groups in total. The minimum atomic E-state index is -0.389. The molecule has 1 spiro atoms. The molecule has 8 nitrogen and oxygen atoms in total. The number of pyridine rings is 1. The Bertz CT molecular complexity index is 1130. The Labute approximate surface area is 195 Å². The maximum absolute atomic E-state index is 12.8. The Morgan fingerprint density at radius 1 is 1.24 bits per heavy atom. The highest BCUT2D eigenvalue weighted by Crippen LogP contribution is 2.56. The number of hydrogen-bond acceptors (Lipinski definition) is 7. The second-order valence-electron chi connectivity index (χ2n) is 10.7. The van der Waals surface area contributed by atoms with E-state index in [9.17, 15) is 10.1 Å². The number of likely N-dealkylation sites (N-methyl/N-ethyl adjacent to an activating group) is 1. The van der Waals surface area contributed by atoms with Crippen LogP contribution in [-0.4, -0.2) is 58.5 Å². The number of nitrogens with zero attached hydrogens (tertiary/aromatic N) is 7. The summed E-state index contributed by atoms with van der Waals surface area (Å²) < 4.78 is 0. The molecule has 2 aromatic heterocycles. The van der Waals surface area contributed by atoms with E-state index in [4.69, 9.17) is 9.97 Å². The fraction of sp³-hybridized carbons (Fsp3) is 0.560. The molecule has 5 rings (SSSR count). The van der Waals surface area contributed by atoms with Gasteiger partial charge in [0.2, 0.25) is 5.91 Å². The van der Waals surface area contributed by atoms with E-state index in [2.05, 4.69) is 20.9 Å². The molecular weight excluding hydrogens is 414 g/mol. The van der Waals surface area contributed by atoms with Crippen LogP contribution in [0.15, 0.2) is 24.7 Å². The van der Waals surface area contributed by atoms with Gasteiger partial charge in [-0.15, -0.1) is 0 Å². The molecule has 2 aromatic rings. The Kier molecular flexibility index (Phi) is 5.04. The van der Waals surface area contributed by atoms with Crippen LogP contribution < -0.4 is 9.80 Å². The van der Waals surface area contributed by atoms with Crippen molar-refractivity contribution in [2.24, 2.45) is 5.41 Å². The molecule has 4 heterocycles. The van der Waals surface area contributed by atoms with Crippen LogP contribution in [0.4, 0.5) is 17.5 Å². The third-order valence-corrected chi connectivity index (χ3v) is 7.49. The minimum absolute atomic E-state index is 0.0292. The highest BCUT2D eigenvalue weighted by Gasteiger charge is 2.51. The Balaban J connectivity index is 1.48. The highest BCUT2D eigenvalue weighted by atomic mass is 16.2. The maximum atomic E-state index is 12.8. The average molecular weight is 446 g/mol. The van der Waals surface area contributed by atoms with E-state index in [0.717, 1.165) is 56.4 Å². The molecule has 0 bridgehead atoms. The summed E-state index contributed by atoms with van der Waals surface area (Å²) in [5.74, 6) is 2.84. The molecule has 0 unspecified atom stereocenters. The molecule has 1 saturated carbocycles. The summed E-state index contributed by atoms with van der Waals surface area (Å²) in [5.41, 5.74) is 1.45. The summed E-state index contributed by atoms with van der Waals surface area (Å²) in [5, 5.41) is 9.35. The van der Waals surface area contributed by atoms with E-state index < -0.39 is 0 Å². The lowest BCUT2D eigenvalue weighted by molar-refractivity contribution is -0.139. The largest absolute Gasteiger partial charge is 0.354 e. The maximum Gasteiger partial charge on any atom is 0.228 e. The minimum Gasteiger partial charge on any atom is -0.354 e. The first kappa shape index (κ1) is 21.6. The lowest BCUT2D eigenvalue weighted by atomic mass is 9.66. The first-order chi connectivity index (χ1) is 15.7. The van der Waals surface area contributed by atoms with E-state index in [1.165, 1.54) is 12.0 Å². The van der Waals surface area contributed by atoms with Gasteiger partial charge in [0.25, 0.3) is 0 Å². The van der Waals surface area contributed by atoms with Crippen LogP contribution in [0, 0.1) is 16.7 Å². The molecule has 0 aromatic carbocycles. The molecule has 1 aliphatic carbocycles. The van der Waals surface area contributed by atoms with E-state index >= 15 is 0 Å². The Morgan fingerprint density at radius 2 is 2.00 bits per heavy atom. The summed E-state index contributed by atoms with van der Waals surface area (Å²) in [4.78, 5) is 33.3. The number of hydrogen-bond donors (Lipinski definition) is 0. The molecule has 8 heteroatoms. The molecule has 1 atom stereocenters. The summed E-state index contributed by atoms with van der Waals surface area (Å²) >= 11 is 0. The predicted molar refractivity (Wildman–Crippen MR) is 126 cm³/mol. The third kappa shape index (κ3) is 3.50. The van der Waals surface area contributed by atoms with Crippen molar-refractivity contribution in [3.8, 4) is 6.07 Å². The fourth-order valence-corrected chi connectivity index (χ4v) is 5.52. The van der Waals surface area contributed by atoms with Gasteiger partial charge in [0.05, 0.1) is 17.7 Å². The summed E-state index contributed by atoms with van der Waals surface area (Å²) in [6.45, 7) is 8.38. The molecular formula is C25H31N7O. The van der Waals surface area contributed by atoms with Gasteiger partial charge >= 0.3 is 0 Å². The standard InChI is InChI=1S/C25H31N7O/c1-24(2,3)23(33)30(4)18-7-11-31(14-18)21-20-22(29-16-28-21)32(15-25(20)8-5-9-25)19-12-17(13-26)6-10-27-19/h6,10,12,16,18H,5,7-9,11,14-15H2,1-4H3/t18-/m1/s1. The van der Waals surface area contributed by atoms with Gasteiger partial charge in [-0.25, -0.2) is 15.0 Å². The molecule has 33 heavy (non-hydrogen) atoms. The van der Waals surface area contributed by atoms with Crippen molar-refractivity contribution in [2.45, 2.75) is 57.9 Å². The lowest BCUT2D eigenvalue weighted by Gasteiger charge is -2.40. The van der Waals surface area contributed by atoms with Crippen LogP contribution in [0.2, 0.25) is 0 Å². The second-order valence-corrected chi connectivity index (χ2v) is 10.7. The van der Waals surface area contributed by atoms with Crippen LogP contribution >= 0.6 is 0 Å². The second kappa shape index (κ2) is 7.68. The quantitative estimate of drug-likeness (QED) is 0.715. The Morgan fingerprint density at radius 3 is 2.67 bits per heavy atom. The van der Waals surface area contributed by atoms with E-state index in [-0.39, 0.29) is 22.8 Å². The van der Waals surface area contributed by atoms with Crippen LogP contribution in [-0.2, 0) is 10.2 Å². The van der Waals surface area contributed by atoms with Crippen molar-refractivity contribution in [3.63, 3.8) is 0 Å². The number of amides is 1. The molecule has 2 fully saturated rings. The first-order valence-corrected chi connectivity index (χ1v) is 11.7. The molecule has 1 amide bonds. The van der Waals surface area contributed by atoms with Crippen molar-refractivity contribution in [1.82, 2.24) is 19.9 Å². The number of rotatable bonds is 3. The zero-order chi connectivity index (χ0) is 23.4. The summed E-state index contributed by atoms with van der Waals surface area (Å²) in [6, 6.07) is 5.95. The van der Waals surface area contributed by atoms with Gasteiger partial charge in [-0.2, -0.15) is 5.26 Å². The van der Waals surface area contributed by atoms with Crippen molar-refractivity contribution in [3.05, 3.63) is 35.8 Å². The smallest absolute Gasteiger partial charge is 0.228 e. The van der Waals surface area contributed by atoms with Gasteiger partial charge < -0.3 is 14.7 Å². The topological polar surface area (TPSA) is 89.3 Å². The fourth-order valence-electron chi connectivity index (χ4n) is 5.52. The number of carbonyl (C=O) groups is 1. The number of carbonyl (C=O) groups excluding carboxylic acids is 1. The van der Waals surface area contributed by atoms with Gasteiger partial charge in [-0.3, -0.25) is 4.79 Å². The van der Waals surface area contributed by atoms with Crippen molar-refractivity contribution < 1.29 is 4.79 Å². The SMILES string of the molecule is CN(C(=O)C(C)(C)C)[C@@H]1CCN(c2ncnc3c2C2(CCC2)CN3c2cc(C#N)ccn2)C1. The third-order valence-electron chi connectivity index (χ3n) is 7.49. The highest BCUT2D eigenvalue weighted by molar-refractivity contribution is 5.82. The van der Waals surface area contributed by atoms with Crippen LogP contribution in [0.25, 0.3) is 0 Å². The molecule has 1 saturated heterocycles. The van der Waals surface area contributed by atoms with E-state index in [1.807, 2.05) is 38.8 Å². The number of aromatic nitrogens is 3. The number of fused-ring (bicyclic) bond motifs is 2. The van der Waals surface area contributed by atoms with Gasteiger partial charge in [-0.05, 0) is 31.4 Å². The van der Waals surface area contributed by atoms with Crippen LogP contribution in [0.5, 0.6) is 0 Å². The van der Waals surface area contributed by atoms with E-state index in [0.29, 0.717) is 5.56 Å². The van der Waals surface area contributed by atoms with Crippen molar-refractivity contribution in [1.29, 1.82) is 5.26 Å². The van der Waals surface area contributed by atoms with Crippen molar-refractivity contribution >= 4 is 23.4 Å². The van der Waals surface area contributed by atoms with Crippen LogP contribution in [0.3, 0.4) is 0 Å². The molecule has 0 radical (unpaired) electrons. The van der Waals surface area contributed by atoms with Gasteiger partial charge in [0.15, 0.2) is 0 Å². The average Bonchev–Trinajstić information content (AvgIpc) is 3.41. The van der Waals surface area contributed by atoms with Gasteiger partial charge in [0.1, 0.15) is 23.8 Å². The predicted octanol–water partition coefficient (Wildman–Crippen LogP) is 3.40.